The number of carbonyl (C=O) groups is 2. The predicted molar refractivity (Wildman–Crippen MR) is 144 cm³/mol. The van der Waals surface area contributed by atoms with Crippen molar-refractivity contribution in [3.63, 3.8) is 0 Å². The molecule has 8 nitrogen and oxygen atoms in total. The fraction of sp³-hybridized carbons (Fsp3) is 0.172. The summed E-state index contributed by atoms with van der Waals surface area (Å²) < 4.78 is 11.3. The van der Waals surface area contributed by atoms with E-state index >= 15 is 0 Å². The molecule has 1 aliphatic heterocycles. The van der Waals surface area contributed by atoms with Crippen LogP contribution in [0.25, 0.3) is 5.76 Å². The number of methoxy groups -OCH3 is 1. The number of aromatic nitrogens is 2. The molecular formula is C29H25N3O5S. The van der Waals surface area contributed by atoms with Crippen molar-refractivity contribution in [2.24, 2.45) is 0 Å². The van der Waals surface area contributed by atoms with E-state index in [1.807, 2.05) is 31.2 Å². The van der Waals surface area contributed by atoms with Gasteiger partial charge in [-0.25, -0.2) is 0 Å². The van der Waals surface area contributed by atoms with Gasteiger partial charge in [-0.2, -0.15) is 0 Å². The second-order valence-electron chi connectivity index (χ2n) is 8.79. The number of nitrogens with zero attached hydrogens (tertiary/aromatic N) is 3. The van der Waals surface area contributed by atoms with E-state index in [-0.39, 0.29) is 16.5 Å². The van der Waals surface area contributed by atoms with Gasteiger partial charge in [0.05, 0.1) is 18.7 Å². The topological polar surface area (TPSA) is 102 Å². The van der Waals surface area contributed by atoms with Crippen molar-refractivity contribution >= 4 is 33.9 Å². The molecule has 1 aliphatic rings. The molecule has 0 radical (unpaired) electrons. The van der Waals surface area contributed by atoms with Gasteiger partial charge in [-0.05, 0) is 66.9 Å². The smallest absolute Gasteiger partial charge is 0.301 e. The lowest BCUT2D eigenvalue weighted by atomic mass is 9.95. The zero-order valence-electron chi connectivity index (χ0n) is 21.0. The summed E-state index contributed by atoms with van der Waals surface area (Å²) in [4.78, 5) is 27.8. The fourth-order valence-corrected chi connectivity index (χ4v) is 5.05. The third kappa shape index (κ3) is 4.76. The molecule has 1 atom stereocenters. The van der Waals surface area contributed by atoms with Crippen LogP contribution >= 0.6 is 11.3 Å². The number of ketones is 1. The molecule has 2 heterocycles. The third-order valence-corrected chi connectivity index (χ3v) is 7.20. The van der Waals surface area contributed by atoms with Crippen molar-refractivity contribution in [3.05, 3.63) is 106 Å². The van der Waals surface area contributed by atoms with E-state index in [9.17, 15) is 14.7 Å². The normalized spacial score (nSPS) is 16.6. The summed E-state index contributed by atoms with van der Waals surface area (Å²) in [6, 6.07) is 20.9. The maximum atomic E-state index is 13.3. The molecule has 192 valence electrons. The van der Waals surface area contributed by atoms with E-state index in [1.165, 1.54) is 23.3 Å². The quantitative estimate of drug-likeness (QED) is 0.196. The van der Waals surface area contributed by atoms with Crippen molar-refractivity contribution < 1.29 is 24.2 Å². The van der Waals surface area contributed by atoms with Crippen molar-refractivity contribution in [1.29, 1.82) is 0 Å². The lowest BCUT2D eigenvalue weighted by molar-refractivity contribution is -0.132. The molecule has 1 amide bonds. The summed E-state index contributed by atoms with van der Waals surface area (Å²) in [5.41, 5.74) is 3.15. The second kappa shape index (κ2) is 10.5. The Bertz CT molecular complexity index is 1540. The third-order valence-electron chi connectivity index (χ3n) is 6.36. The largest absolute Gasteiger partial charge is 0.507 e. The van der Waals surface area contributed by atoms with E-state index < -0.39 is 17.7 Å². The Kier molecular flexibility index (Phi) is 6.93. The Balaban J connectivity index is 1.52. The number of aliphatic hydroxyl groups excluding tert-OH is 1. The Labute approximate surface area is 223 Å². The van der Waals surface area contributed by atoms with Crippen LogP contribution in [0.4, 0.5) is 5.13 Å². The van der Waals surface area contributed by atoms with Crippen LogP contribution in [-0.2, 0) is 16.2 Å². The van der Waals surface area contributed by atoms with E-state index in [0.717, 1.165) is 11.1 Å². The standard InChI is InChI=1S/C29H25N3O5S/c1-17-7-4-5-8-21(17)16-37-22-13-11-19(12-14-22)26(33)24-25(20-9-6-10-23(15-20)36-3)32(28(35)27(24)34)29-31-30-18(2)38-29/h4-15,25,33H,16H2,1-3H3/b26-24+/t25-/m1/s1. The molecule has 3 aromatic carbocycles. The molecule has 0 aliphatic carbocycles. The minimum atomic E-state index is -0.908. The number of anilines is 1. The average molecular weight is 528 g/mol. The van der Waals surface area contributed by atoms with Gasteiger partial charge in [0, 0.05) is 5.56 Å². The molecule has 5 rings (SSSR count). The summed E-state index contributed by atoms with van der Waals surface area (Å²) in [7, 11) is 1.53. The van der Waals surface area contributed by atoms with Crippen LogP contribution in [0.15, 0.2) is 78.4 Å². The van der Waals surface area contributed by atoms with Crippen molar-refractivity contribution in [2.75, 3.05) is 12.0 Å². The van der Waals surface area contributed by atoms with Gasteiger partial charge in [-0.3, -0.25) is 14.5 Å². The van der Waals surface area contributed by atoms with Crippen molar-refractivity contribution in [1.82, 2.24) is 10.2 Å². The van der Waals surface area contributed by atoms with E-state index in [0.29, 0.717) is 34.2 Å². The van der Waals surface area contributed by atoms with Gasteiger partial charge in [0.25, 0.3) is 5.78 Å². The van der Waals surface area contributed by atoms with Crippen LogP contribution in [0.3, 0.4) is 0 Å². The minimum Gasteiger partial charge on any atom is -0.507 e. The van der Waals surface area contributed by atoms with Crippen LogP contribution in [-0.4, -0.2) is 34.1 Å². The predicted octanol–water partition coefficient (Wildman–Crippen LogP) is 5.37. The van der Waals surface area contributed by atoms with E-state index in [1.54, 1.807) is 55.5 Å². The van der Waals surface area contributed by atoms with Crippen molar-refractivity contribution in [2.45, 2.75) is 26.5 Å². The van der Waals surface area contributed by atoms with Crippen LogP contribution in [0.1, 0.15) is 33.3 Å². The first kappa shape index (κ1) is 25.2. The van der Waals surface area contributed by atoms with Gasteiger partial charge < -0.3 is 14.6 Å². The van der Waals surface area contributed by atoms with Gasteiger partial charge in [0.1, 0.15) is 28.9 Å². The lowest BCUT2D eigenvalue weighted by Crippen LogP contribution is -2.29. The number of amides is 1. The number of hydrogen-bond donors (Lipinski definition) is 1. The average Bonchev–Trinajstić information content (AvgIpc) is 3.48. The fourth-order valence-electron chi connectivity index (χ4n) is 4.34. The summed E-state index contributed by atoms with van der Waals surface area (Å²) in [5.74, 6) is -0.710. The van der Waals surface area contributed by atoms with Gasteiger partial charge in [-0.1, -0.05) is 47.7 Å². The van der Waals surface area contributed by atoms with Crippen LogP contribution < -0.4 is 14.4 Å². The molecule has 1 aromatic heterocycles. The van der Waals surface area contributed by atoms with Crippen LogP contribution in [0.5, 0.6) is 11.5 Å². The number of benzene rings is 3. The zero-order chi connectivity index (χ0) is 26.8. The first-order valence-corrected chi connectivity index (χ1v) is 12.7. The molecule has 4 aromatic rings. The van der Waals surface area contributed by atoms with E-state index in [4.69, 9.17) is 9.47 Å². The number of hydrogen-bond acceptors (Lipinski definition) is 8. The Morgan fingerprint density at radius 3 is 2.42 bits per heavy atom. The van der Waals surface area contributed by atoms with Gasteiger partial charge in [0.15, 0.2) is 0 Å². The maximum absolute atomic E-state index is 13.3. The van der Waals surface area contributed by atoms with Crippen molar-refractivity contribution in [3.8, 4) is 11.5 Å². The molecule has 1 fully saturated rings. The summed E-state index contributed by atoms with van der Waals surface area (Å²) >= 11 is 1.19. The molecular weight excluding hydrogens is 502 g/mol. The Morgan fingerprint density at radius 1 is 0.974 bits per heavy atom. The SMILES string of the molecule is COc1cccc([C@@H]2/C(=C(\O)c3ccc(OCc4ccccc4C)cc3)C(=O)C(=O)N2c2nnc(C)s2)c1. The number of aliphatic hydroxyl groups is 1. The van der Waals surface area contributed by atoms with Crippen LogP contribution in [0.2, 0.25) is 0 Å². The Morgan fingerprint density at radius 2 is 1.74 bits per heavy atom. The highest BCUT2D eigenvalue weighted by molar-refractivity contribution is 7.15. The van der Waals surface area contributed by atoms with Crippen LogP contribution in [0, 0.1) is 13.8 Å². The highest BCUT2D eigenvalue weighted by Crippen LogP contribution is 2.43. The number of ether oxygens (including phenoxy) is 2. The summed E-state index contributed by atoms with van der Waals surface area (Å²) in [6.07, 6.45) is 0. The molecule has 38 heavy (non-hydrogen) atoms. The summed E-state index contributed by atoms with van der Waals surface area (Å²) in [5, 5.41) is 20.4. The lowest BCUT2D eigenvalue weighted by Gasteiger charge is -2.23. The van der Waals surface area contributed by atoms with Gasteiger partial charge in [0.2, 0.25) is 5.13 Å². The molecule has 0 spiro atoms. The monoisotopic (exact) mass is 527 g/mol. The first-order valence-electron chi connectivity index (χ1n) is 11.9. The number of carbonyl (C=O) groups excluding carboxylic acids is 2. The minimum absolute atomic E-state index is 0.0373. The molecule has 0 saturated carbocycles. The summed E-state index contributed by atoms with van der Waals surface area (Å²) in [6.45, 7) is 4.19. The molecule has 0 bridgehead atoms. The molecule has 1 saturated heterocycles. The maximum Gasteiger partial charge on any atom is 0.301 e. The van der Waals surface area contributed by atoms with E-state index in [2.05, 4.69) is 10.2 Å². The first-order chi connectivity index (χ1) is 18.4. The second-order valence-corrected chi connectivity index (χ2v) is 9.95. The molecule has 1 N–H and O–H groups in total. The van der Waals surface area contributed by atoms with Gasteiger partial charge in [-0.15, -0.1) is 10.2 Å². The number of rotatable bonds is 7. The number of aryl methyl sites for hydroxylation is 2. The van der Waals surface area contributed by atoms with Gasteiger partial charge >= 0.3 is 5.91 Å². The molecule has 9 heteroatoms. The Hall–Kier alpha value is -4.50. The number of Topliss-reactive ketones (excluding diaryl/α,β-unsaturated/α-hetero) is 1. The highest BCUT2D eigenvalue weighted by atomic mass is 32.1. The highest BCUT2D eigenvalue weighted by Gasteiger charge is 2.48. The zero-order valence-corrected chi connectivity index (χ0v) is 21.9. The molecule has 0 unspecified atom stereocenters.